The molecule has 160 valence electrons. The molecule has 3 heterocycles. The number of ketones is 1. The third-order valence-corrected chi connectivity index (χ3v) is 7.11. The van der Waals surface area contributed by atoms with Crippen LogP contribution in [0.5, 0.6) is 5.75 Å². The van der Waals surface area contributed by atoms with Crippen LogP contribution >= 0.6 is 22.7 Å². The van der Waals surface area contributed by atoms with Crippen LogP contribution in [0, 0.1) is 0 Å². The molecule has 8 heteroatoms. The minimum atomic E-state index is -0.748. The zero-order valence-electron chi connectivity index (χ0n) is 17.0. The summed E-state index contributed by atoms with van der Waals surface area (Å²) in [6, 6.07) is 17.3. The van der Waals surface area contributed by atoms with Crippen molar-refractivity contribution in [3.8, 4) is 5.75 Å². The summed E-state index contributed by atoms with van der Waals surface area (Å²) in [5.74, 6) is -0.898. The number of carbonyl (C=O) groups is 2. The molecular weight excluding hydrogens is 444 g/mol. The third kappa shape index (κ3) is 3.37. The summed E-state index contributed by atoms with van der Waals surface area (Å²) in [6.45, 7) is 2.46. The molecule has 0 saturated carbocycles. The SMILES string of the molecule is CCOc1ccc2nc(N3C(=O)C(=O)/C(=C(/O)c4ccccc4)C3c3cccs3)sc2c1. The number of amides is 1. The lowest BCUT2D eigenvalue weighted by molar-refractivity contribution is -0.132. The Bertz CT molecular complexity index is 1340. The second-order valence-corrected chi connectivity index (χ2v) is 9.10. The molecule has 1 N–H and O–H groups in total. The minimum Gasteiger partial charge on any atom is -0.507 e. The van der Waals surface area contributed by atoms with Crippen molar-refractivity contribution >= 4 is 55.5 Å². The van der Waals surface area contributed by atoms with Gasteiger partial charge < -0.3 is 9.84 Å². The van der Waals surface area contributed by atoms with E-state index in [-0.39, 0.29) is 11.3 Å². The largest absolute Gasteiger partial charge is 0.507 e. The van der Waals surface area contributed by atoms with Crippen LogP contribution in [0.3, 0.4) is 0 Å². The van der Waals surface area contributed by atoms with E-state index in [0.717, 1.165) is 15.3 Å². The van der Waals surface area contributed by atoms with Crippen LogP contribution in [-0.2, 0) is 9.59 Å². The summed E-state index contributed by atoms with van der Waals surface area (Å²) in [7, 11) is 0. The van der Waals surface area contributed by atoms with Gasteiger partial charge in [0.25, 0.3) is 5.78 Å². The molecule has 1 atom stereocenters. The van der Waals surface area contributed by atoms with Gasteiger partial charge in [0.05, 0.1) is 22.4 Å². The number of aliphatic hydroxyl groups excluding tert-OH is 1. The Balaban J connectivity index is 1.67. The van der Waals surface area contributed by atoms with Crippen LogP contribution in [0.15, 0.2) is 71.6 Å². The van der Waals surface area contributed by atoms with E-state index >= 15 is 0 Å². The Morgan fingerprint density at radius 2 is 1.94 bits per heavy atom. The molecule has 5 rings (SSSR count). The summed E-state index contributed by atoms with van der Waals surface area (Å²) in [6.07, 6.45) is 0. The number of carbonyl (C=O) groups excluding carboxylic acids is 2. The molecule has 6 nitrogen and oxygen atoms in total. The standard InChI is InChI=1S/C24H18N2O4S2/c1-2-30-15-10-11-16-18(13-15)32-24(25-16)26-20(17-9-6-12-31-17)19(22(28)23(26)29)21(27)14-7-4-3-5-8-14/h3-13,20,27H,2H2,1H3/b21-19+. The highest BCUT2D eigenvalue weighted by Crippen LogP contribution is 2.45. The van der Waals surface area contributed by atoms with Crippen LogP contribution in [-0.4, -0.2) is 28.4 Å². The van der Waals surface area contributed by atoms with Gasteiger partial charge in [0.1, 0.15) is 17.6 Å². The van der Waals surface area contributed by atoms with Crippen LogP contribution in [0.4, 0.5) is 5.13 Å². The van der Waals surface area contributed by atoms with Crippen molar-refractivity contribution < 1.29 is 19.4 Å². The molecule has 1 saturated heterocycles. The highest BCUT2D eigenvalue weighted by atomic mass is 32.1. The number of hydrogen-bond acceptors (Lipinski definition) is 7. The molecule has 1 fully saturated rings. The van der Waals surface area contributed by atoms with Crippen molar-refractivity contribution in [2.45, 2.75) is 13.0 Å². The van der Waals surface area contributed by atoms with Crippen molar-refractivity contribution in [2.24, 2.45) is 0 Å². The number of fused-ring (bicyclic) bond motifs is 1. The first kappa shape index (κ1) is 20.4. The maximum absolute atomic E-state index is 13.2. The number of aromatic nitrogens is 1. The molecule has 1 aliphatic heterocycles. The van der Waals surface area contributed by atoms with Crippen LogP contribution in [0.25, 0.3) is 16.0 Å². The predicted octanol–water partition coefficient (Wildman–Crippen LogP) is 5.38. The molecule has 0 radical (unpaired) electrons. The molecule has 0 spiro atoms. The topological polar surface area (TPSA) is 79.7 Å². The first-order valence-corrected chi connectivity index (χ1v) is 11.7. The number of aliphatic hydroxyl groups is 1. The number of benzene rings is 2. The fraction of sp³-hybridized carbons (Fsp3) is 0.125. The van der Waals surface area contributed by atoms with Crippen LogP contribution in [0.2, 0.25) is 0 Å². The molecule has 1 unspecified atom stereocenters. The van der Waals surface area contributed by atoms with Crippen molar-refractivity contribution in [1.82, 2.24) is 4.98 Å². The Kier molecular flexibility index (Phi) is 5.24. The summed E-state index contributed by atoms with van der Waals surface area (Å²) in [4.78, 5) is 33.1. The number of anilines is 1. The first-order chi connectivity index (χ1) is 15.6. The first-order valence-electron chi connectivity index (χ1n) is 10.0. The Hall–Kier alpha value is -3.49. The Labute approximate surface area is 192 Å². The fourth-order valence-corrected chi connectivity index (χ4v) is 5.59. The number of nitrogens with zero attached hydrogens (tertiary/aromatic N) is 2. The number of rotatable bonds is 5. The molecule has 4 aromatic rings. The molecular formula is C24H18N2O4S2. The molecule has 1 aliphatic rings. The van der Waals surface area contributed by atoms with Crippen molar-refractivity contribution in [2.75, 3.05) is 11.5 Å². The van der Waals surface area contributed by atoms with E-state index in [2.05, 4.69) is 4.98 Å². The van der Waals surface area contributed by atoms with E-state index in [4.69, 9.17) is 4.74 Å². The zero-order chi connectivity index (χ0) is 22.2. The predicted molar refractivity (Wildman–Crippen MR) is 126 cm³/mol. The van der Waals surface area contributed by atoms with E-state index in [1.807, 2.05) is 48.7 Å². The van der Waals surface area contributed by atoms with Gasteiger partial charge >= 0.3 is 5.91 Å². The van der Waals surface area contributed by atoms with Crippen LogP contribution < -0.4 is 9.64 Å². The molecule has 0 aliphatic carbocycles. The van der Waals surface area contributed by atoms with Gasteiger partial charge in [-0.2, -0.15) is 0 Å². The lowest BCUT2D eigenvalue weighted by Crippen LogP contribution is -2.28. The zero-order valence-corrected chi connectivity index (χ0v) is 18.7. The van der Waals surface area contributed by atoms with Gasteiger partial charge in [-0.25, -0.2) is 4.98 Å². The van der Waals surface area contributed by atoms with Crippen LogP contribution in [0.1, 0.15) is 23.4 Å². The van der Waals surface area contributed by atoms with E-state index in [1.54, 1.807) is 24.3 Å². The summed E-state index contributed by atoms with van der Waals surface area (Å²) < 4.78 is 6.42. The summed E-state index contributed by atoms with van der Waals surface area (Å²) >= 11 is 2.73. The van der Waals surface area contributed by atoms with E-state index < -0.39 is 17.7 Å². The lowest BCUT2D eigenvalue weighted by atomic mass is 10.00. The van der Waals surface area contributed by atoms with Gasteiger partial charge in [-0.05, 0) is 36.6 Å². The van der Waals surface area contributed by atoms with Gasteiger partial charge in [0.15, 0.2) is 5.13 Å². The maximum Gasteiger partial charge on any atom is 0.301 e. The molecule has 2 aromatic carbocycles. The van der Waals surface area contributed by atoms with E-state index in [1.165, 1.54) is 27.6 Å². The quantitative estimate of drug-likeness (QED) is 0.245. The number of Topliss-reactive ketones (excluding diaryl/α,β-unsaturated/α-hetero) is 1. The second kappa shape index (κ2) is 8.22. The van der Waals surface area contributed by atoms with E-state index in [9.17, 15) is 14.7 Å². The van der Waals surface area contributed by atoms with Gasteiger partial charge in [0.2, 0.25) is 0 Å². The summed E-state index contributed by atoms with van der Waals surface area (Å²) in [5, 5.41) is 13.3. The number of thiazole rings is 1. The number of hydrogen-bond donors (Lipinski definition) is 1. The van der Waals surface area contributed by atoms with Gasteiger partial charge in [0, 0.05) is 10.4 Å². The average molecular weight is 463 g/mol. The molecule has 2 aromatic heterocycles. The molecule has 0 bridgehead atoms. The normalized spacial score (nSPS) is 17.9. The minimum absolute atomic E-state index is 0.0675. The maximum atomic E-state index is 13.2. The number of thiophene rings is 1. The van der Waals surface area contributed by atoms with E-state index in [0.29, 0.717) is 22.8 Å². The van der Waals surface area contributed by atoms with Crippen molar-refractivity contribution in [3.05, 3.63) is 82.1 Å². The van der Waals surface area contributed by atoms with Crippen molar-refractivity contribution in [1.29, 1.82) is 0 Å². The second-order valence-electron chi connectivity index (χ2n) is 7.11. The third-order valence-electron chi connectivity index (χ3n) is 5.17. The van der Waals surface area contributed by atoms with Gasteiger partial charge in [-0.15, -0.1) is 11.3 Å². The highest BCUT2D eigenvalue weighted by Gasteiger charge is 2.48. The van der Waals surface area contributed by atoms with Gasteiger partial charge in [-0.3, -0.25) is 14.5 Å². The number of ether oxygens (including phenoxy) is 1. The molecule has 1 amide bonds. The summed E-state index contributed by atoms with van der Waals surface area (Å²) in [5.41, 5.74) is 1.26. The Morgan fingerprint density at radius 3 is 2.66 bits per heavy atom. The highest BCUT2D eigenvalue weighted by molar-refractivity contribution is 7.22. The van der Waals surface area contributed by atoms with Crippen molar-refractivity contribution in [3.63, 3.8) is 0 Å². The fourth-order valence-electron chi connectivity index (χ4n) is 3.75. The monoisotopic (exact) mass is 462 g/mol. The average Bonchev–Trinajstić information content (AvgIpc) is 3.53. The Morgan fingerprint density at radius 1 is 1.12 bits per heavy atom. The van der Waals surface area contributed by atoms with Gasteiger partial charge in [-0.1, -0.05) is 47.7 Å². The molecule has 32 heavy (non-hydrogen) atoms. The smallest absolute Gasteiger partial charge is 0.301 e. The lowest BCUT2D eigenvalue weighted by Gasteiger charge is -2.21.